The van der Waals surface area contributed by atoms with Crippen molar-refractivity contribution in [2.75, 3.05) is 4.72 Å². The molecule has 1 aromatic carbocycles. The van der Waals surface area contributed by atoms with Crippen molar-refractivity contribution in [3.05, 3.63) is 22.7 Å². The number of benzene rings is 1. The van der Waals surface area contributed by atoms with Gasteiger partial charge in [-0.2, -0.15) is 8.42 Å². The van der Waals surface area contributed by atoms with Crippen LogP contribution >= 0.6 is 26.6 Å². The second-order valence-electron chi connectivity index (χ2n) is 2.73. The molecular weight excluding hydrogens is 344 g/mol. The van der Waals surface area contributed by atoms with Crippen LogP contribution in [0.3, 0.4) is 0 Å². The van der Waals surface area contributed by atoms with Crippen LogP contribution in [0.1, 0.15) is 0 Å². The van der Waals surface area contributed by atoms with Gasteiger partial charge in [0.05, 0.1) is 10.6 Å². The largest absolute Gasteiger partial charge is 0.296 e. The molecule has 90 valence electrons. The summed E-state index contributed by atoms with van der Waals surface area (Å²) in [4.78, 5) is -0.158. The highest BCUT2D eigenvalue weighted by Crippen LogP contribution is 2.28. The first-order valence-corrected chi connectivity index (χ1v) is 8.29. The van der Waals surface area contributed by atoms with Crippen molar-refractivity contribution in [2.24, 2.45) is 5.14 Å². The van der Waals surface area contributed by atoms with E-state index < -0.39 is 19.3 Å². The molecule has 0 aromatic heterocycles. The third-order valence-corrected chi connectivity index (χ3v) is 4.27. The van der Waals surface area contributed by atoms with E-state index in [0.29, 0.717) is 0 Å². The Balaban J connectivity index is 3.20. The zero-order valence-corrected chi connectivity index (χ0v) is 11.5. The van der Waals surface area contributed by atoms with Crippen LogP contribution in [0.15, 0.2) is 27.6 Å². The van der Waals surface area contributed by atoms with Gasteiger partial charge >= 0.3 is 0 Å². The fourth-order valence-electron chi connectivity index (χ4n) is 0.926. The summed E-state index contributed by atoms with van der Waals surface area (Å²) < 4.78 is 45.6. The lowest BCUT2D eigenvalue weighted by molar-refractivity contribution is 0.602. The molecule has 0 aliphatic rings. The van der Waals surface area contributed by atoms with Crippen molar-refractivity contribution >= 4 is 51.6 Å². The van der Waals surface area contributed by atoms with E-state index in [9.17, 15) is 16.8 Å². The van der Waals surface area contributed by atoms with Crippen molar-refractivity contribution in [1.82, 2.24) is 0 Å². The zero-order valence-electron chi connectivity index (χ0n) is 7.51. The standard InChI is InChI=1S/C6H6BrClN2O4S2/c7-5-3-4(10-16(9,13)14)1-2-6(5)15(8,11)12/h1-3,10H,(H2,9,13,14). The second-order valence-corrected chi connectivity index (χ2v) is 7.41. The van der Waals surface area contributed by atoms with Crippen LogP contribution < -0.4 is 9.86 Å². The second kappa shape index (κ2) is 4.49. The summed E-state index contributed by atoms with van der Waals surface area (Å²) in [5.74, 6) is 0. The lowest BCUT2D eigenvalue weighted by Crippen LogP contribution is -2.21. The molecule has 0 saturated heterocycles. The van der Waals surface area contributed by atoms with Crippen molar-refractivity contribution in [3.8, 4) is 0 Å². The highest BCUT2D eigenvalue weighted by Gasteiger charge is 2.15. The van der Waals surface area contributed by atoms with Crippen molar-refractivity contribution < 1.29 is 16.8 Å². The number of halogens is 2. The van der Waals surface area contributed by atoms with Gasteiger partial charge in [0.2, 0.25) is 0 Å². The van der Waals surface area contributed by atoms with E-state index in [1.807, 2.05) is 4.72 Å². The van der Waals surface area contributed by atoms with Gasteiger partial charge in [-0.1, -0.05) is 0 Å². The van der Waals surface area contributed by atoms with Crippen LogP contribution in [0.4, 0.5) is 5.69 Å². The Hall–Kier alpha value is -0.350. The van der Waals surface area contributed by atoms with Crippen LogP contribution in [0.2, 0.25) is 0 Å². The predicted molar refractivity (Wildman–Crippen MR) is 63.9 cm³/mol. The summed E-state index contributed by atoms with van der Waals surface area (Å²) in [7, 11) is -2.64. The van der Waals surface area contributed by atoms with Crippen LogP contribution in [0.25, 0.3) is 0 Å². The van der Waals surface area contributed by atoms with Crippen LogP contribution in [-0.4, -0.2) is 16.8 Å². The summed E-state index contributed by atoms with van der Waals surface area (Å²) >= 11 is 2.95. The number of rotatable bonds is 3. The minimum Gasteiger partial charge on any atom is -0.271 e. The third kappa shape index (κ3) is 3.91. The lowest BCUT2D eigenvalue weighted by Gasteiger charge is -2.05. The Labute approximate surface area is 106 Å². The van der Waals surface area contributed by atoms with Gasteiger partial charge in [0, 0.05) is 15.2 Å². The number of hydrogen-bond acceptors (Lipinski definition) is 4. The van der Waals surface area contributed by atoms with Gasteiger partial charge in [-0.25, -0.2) is 13.6 Å². The molecule has 1 rings (SSSR count). The SMILES string of the molecule is NS(=O)(=O)Nc1ccc(S(=O)(=O)Cl)c(Br)c1. The maximum absolute atomic E-state index is 11.0. The van der Waals surface area contributed by atoms with E-state index in [0.717, 1.165) is 6.07 Å². The Morgan fingerprint density at radius 2 is 1.81 bits per heavy atom. The molecular formula is C6H6BrClN2O4S2. The van der Waals surface area contributed by atoms with E-state index in [2.05, 4.69) is 15.9 Å². The van der Waals surface area contributed by atoms with Crippen molar-refractivity contribution in [2.45, 2.75) is 4.90 Å². The van der Waals surface area contributed by atoms with E-state index >= 15 is 0 Å². The molecule has 0 aliphatic carbocycles. The van der Waals surface area contributed by atoms with Gasteiger partial charge in [0.25, 0.3) is 19.3 Å². The summed E-state index contributed by atoms with van der Waals surface area (Å²) in [6.45, 7) is 0. The fraction of sp³-hybridized carbons (Fsp3) is 0. The average molecular weight is 350 g/mol. The molecule has 0 unspecified atom stereocenters. The van der Waals surface area contributed by atoms with E-state index in [-0.39, 0.29) is 15.1 Å². The smallest absolute Gasteiger partial charge is 0.271 e. The Kier molecular flexibility index (Phi) is 3.85. The first kappa shape index (κ1) is 13.7. The predicted octanol–water partition coefficient (Wildman–Crippen LogP) is 0.992. The third-order valence-electron chi connectivity index (χ3n) is 1.45. The number of nitrogens with two attached hydrogens (primary N) is 1. The Morgan fingerprint density at radius 3 is 2.19 bits per heavy atom. The molecule has 6 nitrogen and oxygen atoms in total. The molecule has 3 N–H and O–H groups in total. The highest BCUT2D eigenvalue weighted by molar-refractivity contribution is 9.10. The monoisotopic (exact) mass is 348 g/mol. The summed E-state index contributed by atoms with van der Waals surface area (Å²) in [5, 5.41) is 4.74. The van der Waals surface area contributed by atoms with Crippen molar-refractivity contribution in [1.29, 1.82) is 0 Å². The molecule has 0 heterocycles. The van der Waals surface area contributed by atoms with Crippen molar-refractivity contribution in [3.63, 3.8) is 0 Å². The minimum atomic E-state index is -3.90. The number of nitrogens with one attached hydrogen (secondary N) is 1. The summed E-state index contributed by atoms with van der Waals surface area (Å²) in [6, 6.07) is 3.62. The molecule has 0 fully saturated rings. The van der Waals surface area contributed by atoms with Crippen LogP contribution in [0.5, 0.6) is 0 Å². The molecule has 0 atom stereocenters. The molecule has 0 aliphatic heterocycles. The lowest BCUT2D eigenvalue weighted by atomic mass is 10.3. The molecule has 10 heteroatoms. The van der Waals surface area contributed by atoms with Crippen LogP contribution in [-0.2, 0) is 19.3 Å². The number of hydrogen-bond donors (Lipinski definition) is 2. The van der Waals surface area contributed by atoms with E-state index in [1.165, 1.54) is 12.1 Å². The normalized spacial score (nSPS) is 12.4. The van der Waals surface area contributed by atoms with E-state index in [4.69, 9.17) is 15.8 Å². The van der Waals surface area contributed by atoms with Gasteiger partial charge in [0.1, 0.15) is 0 Å². The first-order valence-electron chi connectivity index (χ1n) is 3.64. The summed E-state index contributed by atoms with van der Waals surface area (Å²) in [5.41, 5.74) is 0.124. The maximum Gasteiger partial charge on any atom is 0.296 e. The van der Waals surface area contributed by atoms with Gasteiger partial charge in [-0.15, -0.1) is 0 Å². The fourth-order valence-corrected chi connectivity index (χ4v) is 3.61. The molecule has 0 amide bonds. The van der Waals surface area contributed by atoms with Gasteiger partial charge in [0.15, 0.2) is 0 Å². The van der Waals surface area contributed by atoms with Gasteiger partial charge < -0.3 is 0 Å². The molecule has 16 heavy (non-hydrogen) atoms. The molecule has 0 saturated carbocycles. The zero-order chi connectivity index (χ0) is 12.6. The molecule has 1 aromatic rings. The summed E-state index contributed by atoms with van der Waals surface area (Å²) in [6.07, 6.45) is 0. The number of anilines is 1. The Bertz CT molecular complexity index is 613. The average Bonchev–Trinajstić information content (AvgIpc) is 1.97. The van der Waals surface area contributed by atoms with Gasteiger partial charge in [-0.3, -0.25) is 4.72 Å². The van der Waals surface area contributed by atoms with E-state index in [1.54, 1.807) is 0 Å². The maximum atomic E-state index is 11.0. The topological polar surface area (TPSA) is 106 Å². The van der Waals surface area contributed by atoms with Gasteiger partial charge in [-0.05, 0) is 34.1 Å². The molecule has 0 spiro atoms. The molecule has 0 bridgehead atoms. The quantitative estimate of drug-likeness (QED) is 0.794. The first-order chi connectivity index (χ1) is 7.09. The van der Waals surface area contributed by atoms with Crippen LogP contribution in [0, 0.1) is 0 Å². The highest BCUT2D eigenvalue weighted by atomic mass is 79.9. The minimum absolute atomic E-state index is 0.124. The molecule has 0 radical (unpaired) electrons. The Morgan fingerprint density at radius 1 is 1.25 bits per heavy atom.